The molecule has 1 aliphatic rings. The molecule has 0 aromatic heterocycles. The van der Waals surface area contributed by atoms with Gasteiger partial charge in [-0.05, 0) is 6.42 Å². The molecule has 0 atom stereocenters. The Bertz CT molecular complexity index is 25.4. The second kappa shape index (κ2) is 6.93. The van der Waals surface area contributed by atoms with E-state index < -0.39 is 0 Å². The van der Waals surface area contributed by atoms with Gasteiger partial charge in [-0.3, -0.25) is 4.39 Å². The molecule has 0 nitrogen and oxygen atoms in total. The first-order valence-electron chi connectivity index (χ1n) is 3.47. The molecular weight excluding hydrogens is 103 g/mol. The number of alkyl halides is 1. The average molecular weight is 118 g/mol. The van der Waals surface area contributed by atoms with Gasteiger partial charge in [0.1, 0.15) is 0 Å². The van der Waals surface area contributed by atoms with Gasteiger partial charge in [-0.1, -0.05) is 32.6 Å². The van der Waals surface area contributed by atoms with Crippen molar-refractivity contribution in [1.29, 1.82) is 0 Å². The fourth-order valence-electron chi connectivity index (χ4n) is 0.250. The fraction of sp³-hybridized carbons (Fsp3) is 1.00. The molecule has 1 heteroatoms. The Labute approximate surface area is 51.1 Å². The van der Waals surface area contributed by atoms with E-state index in [1.54, 1.807) is 6.92 Å². The Hall–Kier alpha value is -0.0700. The van der Waals surface area contributed by atoms with Crippen molar-refractivity contribution >= 4 is 0 Å². The smallest absolute Gasteiger partial charge is 0.0891 e. The molecule has 0 spiro atoms. The summed E-state index contributed by atoms with van der Waals surface area (Å²) in [4.78, 5) is 0. The van der Waals surface area contributed by atoms with E-state index in [9.17, 15) is 4.39 Å². The first-order chi connectivity index (χ1) is 3.91. The van der Waals surface area contributed by atoms with Crippen LogP contribution in [0.1, 0.15) is 39.0 Å². The predicted molar refractivity (Wildman–Crippen MR) is 34.7 cm³/mol. The van der Waals surface area contributed by atoms with E-state index in [1.165, 1.54) is 25.7 Å². The highest BCUT2D eigenvalue weighted by atomic mass is 19.1. The largest absolute Gasteiger partial charge is 0.251 e. The van der Waals surface area contributed by atoms with Gasteiger partial charge >= 0.3 is 0 Å². The summed E-state index contributed by atoms with van der Waals surface area (Å²) in [6.45, 7) is 1.62. The molecule has 0 radical (unpaired) electrons. The van der Waals surface area contributed by atoms with Crippen molar-refractivity contribution in [3.8, 4) is 0 Å². The Morgan fingerprint density at radius 2 is 1.38 bits per heavy atom. The summed E-state index contributed by atoms with van der Waals surface area (Å²) in [6, 6.07) is 0. The molecule has 0 heterocycles. The number of hydrogen-bond donors (Lipinski definition) is 0. The van der Waals surface area contributed by atoms with Crippen molar-refractivity contribution in [3.05, 3.63) is 0 Å². The molecule has 0 saturated heterocycles. The molecule has 0 unspecified atom stereocenters. The quantitative estimate of drug-likeness (QED) is 0.496. The maximum atomic E-state index is 10.7. The number of halogens is 1. The van der Waals surface area contributed by atoms with Gasteiger partial charge in [0.05, 0.1) is 6.67 Å². The van der Waals surface area contributed by atoms with Gasteiger partial charge in [0.2, 0.25) is 0 Å². The summed E-state index contributed by atoms with van der Waals surface area (Å²) in [5.41, 5.74) is 0. The lowest BCUT2D eigenvalue weighted by Crippen LogP contribution is -1.85. The van der Waals surface area contributed by atoms with E-state index in [-0.39, 0.29) is 6.67 Å². The van der Waals surface area contributed by atoms with Gasteiger partial charge in [-0.2, -0.15) is 0 Å². The predicted octanol–water partition coefficient (Wildman–Crippen LogP) is 2.93. The lowest BCUT2D eigenvalue weighted by molar-refractivity contribution is 0.487. The lowest BCUT2D eigenvalue weighted by Gasteiger charge is -2.05. The number of rotatable bonds is 1. The van der Waals surface area contributed by atoms with E-state index in [1.807, 2.05) is 0 Å². The van der Waals surface area contributed by atoms with E-state index in [0.717, 1.165) is 0 Å². The molecule has 0 aliphatic heterocycles. The lowest BCUT2D eigenvalue weighted by atomic mass is 10.0. The summed E-state index contributed by atoms with van der Waals surface area (Å²) in [5.74, 6) is 0. The van der Waals surface area contributed by atoms with Crippen molar-refractivity contribution < 1.29 is 4.39 Å². The van der Waals surface area contributed by atoms with Crippen molar-refractivity contribution in [2.24, 2.45) is 0 Å². The van der Waals surface area contributed by atoms with Crippen LogP contribution in [0.15, 0.2) is 0 Å². The van der Waals surface area contributed by atoms with Crippen LogP contribution in [-0.4, -0.2) is 6.67 Å². The molecule has 0 aromatic rings. The van der Waals surface area contributed by atoms with Crippen LogP contribution in [0.5, 0.6) is 0 Å². The van der Waals surface area contributed by atoms with Crippen LogP contribution in [0.3, 0.4) is 0 Å². The zero-order chi connectivity index (χ0) is 6.24. The third-order valence-corrected chi connectivity index (χ3v) is 1.19. The molecule has 1 rings (SSSR count). The van der Waals surface area contributed by atoms with Gasteiger partial charge in [-0.15, -0.1) is 0 Å². The molecule has 50 valence electrons. The zero-order valence-electron chi connectivity index (χ0n) is 5.62. The highest BCUT2D eigenvalue weighted by molar-refractivity contribution is 4.50. The van der Waals surface area contributed by atoms with Crippen LogP contribution in [-0.2, 0) is 0 Å². The normalized spacial score (nSPS) is 15.8. The minimum Gasteiger partial charge on any atom is -0.251 e. The Morgan fingerprint density at radius 3 is 1.38 bits per heavy atom. The third kappa shape index (κ3) is 5.93. The highest BCUT2D eigenvalue weighted by Crippen LogP contribution is 2.15. The van der Waals surface area contributed by atoms with Crippen LogP contribution in [0.25, 0.3) is 0 Å². The van der Waals surface area contributed by atoms with Crippen LogP contribution < -0.4 is 0 Å². The summed E-state index contributed by atoms with van der Waals surface area (Å²) in [6.07, 6.45) is 6.65. The van der Waals surface area contributed by atoms with Gasteiger partial charge in [0.25, 0.3) is 0 Å². The Kier molecular flexibility index (Phi) is 6.87. The molecule has 1 saturated carbocycles. The van der Waals surface area contributed by atoms with E-state index >= 15 is 0 Å². The Morgan fingerprint density at radius 1 is 1.12 bits per heavy atom. The Balaban J connectivity index is 0.000000122. The molecule has 0 N–H and O–H groups in total. The number of hydrogen-bond acceptors (Lipinski definition) is 0. The first kappa shape index (κ1) is 7.93. The van der Waals surface area contributed by atoms with Crippen LogP contribution in [0.2, 0.25) is 0 Å². The van der Waals surface area contributed by atoms with E-state index in [0.29, 0.717) is 6.42 Å². The van der Waals surface area contributed by atoms with Gasteiger partial charge in [-0.25, -0.2) is 0 Å². The summed E-state index contributed by atoms with van der Waals surface area (Å²) in [7, 11) is 0. The third-order valence-electron chi connectivity index (χ3n) is 1.19. The van der Waals surface area contributed by atoms with Gasteiger partial charge < -0.3 is 0 Å². The van der Waals surface area contributed by atoms with Crippen molar-refractivity contribution in [2.45, 2.75) is 39.0 Å². The standard InChI is InChI=1S/C4H8.C3H7F/c1-2-4-3-1;1-2-3-4/h1-4H2;2-3H2,1H3. The first-order valence-corrected chi connectivity index (χ1v) is 3.47. The maximum Gasteiger partial charge on any atom is 0.0891 e. The molecule has 8 heavy (non-hydrogen) atoms. The van der Waals surface area contributed by atoms with Crippen LogP contribution in [0, 0.1) is 0 Å². The van der Waals surface area contributed by atoms with Gasteiger partial charge in [0.15, 0.2) is 0 Å². The molecule has 1 aliphatic carbocycles. The molecule has 0 amide bonds. The van der Waals surface area contributed by atoms with E-state index in [2.05, 4.69) is 0 Å². The topological polar surface area (TPSA) is 0 Å². The van der Waals surface area contributed by atoms with Crippen molar-refractivity contribution in [2.75, 3.05) is 6.67 Å². The molecule has 0 aromatic carbocycles. The van der Waals surface area contributed by atoms with Crippen LogP contribution in [0.4, 0.5) is 4.39 Å². The molecule has 0 bridgehead atoms. The summed E-state index contributed by atoms with van der Waals surface area (Å²) >= 11 is 0. The second-order valence-electron chi connectivity index (χ2n) is 2.10. The van der Waals surface area contributed by atoms with E-state index in [4.69, 9.17) is 0 Å². The minimum absolute atomic E-state index is 0.181. The summed E-state index contributed by atoms with van der Waals surface area (Å²) < 4.78 is 10.7. The van der Waals surface area contributed by atoms with Crippen LogP contribution >= 0.6 is 0 Å². The SMILES string of the molecule is C1CCC1.CCCF. The average Bonchev–Trinajstić information content (AvgIpc) is 1.61. The summed E-state index contributed by atoms with van der Waals surface area (Å²) in [5, 5.41) is 0. The van der Waals surface area contributed by atoms with Gasteiger partial charge in [0, 0.05) is 0 Å². The molecule has 1 fully saturated rings. The minimum atomic E-state index is -0.181. The molecular formula is C7H15F. The highest BCUT2D eigenvalue weighted by Gasteiger charge is 1.95. The van der Waals surface area contributed by atoms with Crippen molar-refractivity contribution in [1.82, 2.24) is 0 Å². The second-order valence-corrected chi connectivity index (χ2v) is 2.10. The maximum absolute atomic E-state index is 10.7. The van der Waals surface area contributed by atoms with Crippen molar-refractivity contribution in [3.63, 3.8) is 0 Å². The monoisotopic (exact) mass is 118 g/mol. The zero-order valence-corrected chi connectivity index (χ0v) is 5.62. The fourth-order valence-corrected chi connectivity index (χ4v) is 0.250.